The molecule has 0 aliphatic carbocycles. The number of nitrogens with zero attached hydrogens (tertiary/aromatic N) is 1. The Labute approximate surface area is 146 Å². The molecular weight excluding hydrogens is 349 g/mol. The van der Waals surface area contributed by atoms with Gasteiger partial charge in [-0.15, -0.1) is 0 Å². The van der Waals surface area contributed by atoms with Gasteiger partial charge in [0.25, 0.3) is 5.91 Å². The predicted octanol–water partition coefficient (Wildman–Crippen LogP) is 3.95. The Morgan fingerprint density at radius 3 is 2.23 bits per heavy atom. The lowest BCUT2D eigenvalue weighted by Gasteiger charge is -2.08. The SMILES string of the molecule is N#C/C(=C\c1ccc(C(F)(F)F)cc1)C(=O)Nc1ccccc1C(=O)O. The van der Waals surface area contributed by atoms with E-state index in [0.717, 1.165) is 30.3 Å². The van der Waals surface area contributed by atoms with E-state index in [1.54, 1.807) is 6.07 Å². The summed E-state index contributed by atoms with van der Waals surface area (Å²) in [6, 6.07) is 11.2. The number of benzene rings is 2. The smallest absolute Gasteiger partial charge is 0.416 e. The van der Waals surface area contributed by atoms with Crippen LogP contribution in [0.3, 0.4) is 0 Å². The van der Waals surface area contributed by atoms with E-state index in [-0.39, 0.29) is 22.4 Å². The van der Waals surface area contributed by atoms with Crippen molar-refractivity contribution in [1.82, 2.24) is 0 Å². The van der Waals surface area contributed by atoms with E-state index in [1.807, 2.05) is 0 Å². The molecule has 0 saturated carbocycles. The van der Waals surface area contributed by atoms with Crippen LogP contribution in [0.5, 0.6) is 0 Å². The minimum Gasteiger partial charge on any atom is -0.478 e. The molecule has 132 valence electrons. The fourth-order valence-electron chi connectivity index (χ4n) is 2.05. The Morgan fingerprint density at radius 1 is 1.08 bits per heavy atom. The number of carbonyl (C=O) groups is 2. The van der Waals surface area contributed by atoms with Gasteiger partial charge < -0.3 is 10.4 Å². The summed E-state index contributed by atoms with van der Waals surface area (Å²) in [5.41, 5.74) is -1.18. The van der Waals surface area contributed by atoms with Crippen LogP contribution in [0.1, 0.15) is 21.5 Å². The van der Waals surface area contributed by atoms with Gasteiger partial charge in [-0.2, -0.15) is 18.4 Å². The number of carbonyl (C=O) groups excluding carboxylic acids is 1. The van der Waals surface area contributed by atoms with Crippen molar-refractivity contribution >= 4 is 23.6 Å². The third-order valence-corrected chi connectivity index (χ3v) is 3.32. The van der Waals surface area contributed by atoms with E-state index in [4.69, 9.17) is 10.4 Å². The molecule has 0 aliphatic heterocycles. The van der Waals surface area contributed by atoms with Gasteiger partial charge in [0, 0.05) is 0 Å². The number of alkyl halides is 3. The number of amides is 1. The average Bonchev–Trinajstić information content (AvgIpc) is 2.59. The normalized spacial score (nSPS) is 11.5. The number of nitriles is 1. The Bertz CT molecular complexity index is 911. The van der Waals surface area contributed by atoms with Crippen molar-refractivity contribution in [3.63, 3.8) is 0 Å². The van der Waals surface area contributed by atoms with Gasteiger partial charge >= 0.3 is 12.1 Å². The summed E-state index contributed by atoms with van der Waals surface area (Å²) in [7, 11) is 0. The van der Waals surface area contributed by atoms with Crippen LogP contribution < -0.4 is 5.32 Å². The lowest BCUT2D eigenvalue weighted by atomic mass is 10.1. The fraction of sp³-hybridized carbons (Fsp3) is 0.0556. The first-order valence-corrected chi connectivity index (χ1v) is 7.15. The van der Waals surface area contributed by atoms with Crippen molar-refractivity contribution in [1.29, 1.82) is 5.26 Å². The van der Waals surface area contributed by atoms with Crippen LogP contribution in [-0.4, -0.2) is 17.0 Å². The molecule has 0 atom stereocenters. The van der Waals surface area contributed by atoms with Crippen LogP contribution in [-0.2, 0) is 11.0 Å². The molecule has 26 heavy (non-hydrogen) atoms. The van der Waals surface area contributed by atoms with Crippen LogP contribution in [0.4, 0.5) is 18.9 Å². The first-order chi connectivity index (χ1) is 12.2. The molecule has 0 unspecified atom stereocenters. The summed E-state index contributed by atoms with van der Waals surface area (Å²) in [6.07, 6.45) is -3.38. The average molecular weight is 360 g/mol. The molecular formula is C18H11F3N2O3. The first kappa shape index (κ1) is 18.7. The molecule has 1 amide bonds. The summed E-state index contributed by atoms with van der Waals surface area (Å²) in [6.45, 7) is 0. The second-order valence-electron chi connectivity index (χ2n) is 5.09. The molecule has 2 aromatic carbocycles. The van der Waals surface area contributed by atoms with E-state index >= 15 is 0 Å². The predicted molar refractivity (Wildman–Crippen MR) is 87.1 cm³/mol. The lowest BCUT2D eigenvalue weighted by molar-refractivity contribution is -0.137. The molecule has 5 nitrogen and oxygen atoms in total. The van der Waals surface area contributed by atoms with Crippen LogP contribution in [0.2, 0.25) is 0 Å². The molecule has 2 rings (SSSR count). The molecule has 0 saturated heterocycles. The lowest BCUT2D eigenvalue weighted by Crippen LogP contribution is -2.16. The Balaban J connectivity index is 2.26. The van der Waals surface area contributed by atoms with Gasteiger partial charge in [0.2, 0.25) is 0 Å². The Hall–Kier alpha value is -3.60. The molecule has 2 aromatic rings. The second kappa shape index (κ2) is 7.53. The summed E-state index contributed by atoms with van der Waals surface area (Å²) in [5.74, 6) is -2.13. The van der Waals surface area contributed by atoms with Gasteiger partial charge in [-0.1, -0.05) is 24.3 Å². The van der Waals surface area contributed by atoms with Crippen molar-refractivity contribution in [3.8, 4) is 6.07 Å². The van der Waals surface area contributed by atoms with Gasteiger partial charge in [0.05, 0.1) is 16.8 Å². The van der Waals surface area contributed by atoms with Gasteiger partial charge in [-0.05, 0) is 35.9 Å². The van der Waals surface area contributed by atoms with E-state index in [2.05, 4.69) is 5.32 Å². The number of rotatable bonds is 4. The summed E-state index contributed by atoms with van der Waals surface area (Å²) in [5, 5.41) is 20.5. The van der Waals surface area contributed by atoms with Gasteiger partial charge in [-0.25, -0.2) is 4.79 Å². The number of carboxylic acid groups (broad SMARTS) is 1. The molecule has 0 spiro atoms. The highest BCUT2D eigenvalue weighted by atomic mass is 19.4. The number of anilines is 1. The number of nitrogens with one attached hydrogen (secondary N) is 1. The molecule has 0 aromatic heterocycles. The van der Waals surface area contributed by atoms with Crippen molar-refractivity contribution < 1.29 is 27.9 Å². The zero-order valence-electron chi connectivity index (χ0n) is 13.0. The Kier molecular flexibility index (Phi) is 5.42. The molecule has 0 fully saturated rings. The summed E-state index contributed by atoms with van der Waals surface area (Å²) in [4.78, 5) is 23.3. The van der Waals surface area contributed by atoms with E-state index < -0.39 is 23.6 Å². The third-order valence-electron chi connectivity index (χ3n) is 3.32. The minimum atomic E-state index is -4.49. The zero-order valence-corrected chi connectivity index (χ0v) is 13.0. The minimum absolute atomic E-state index is 0.00132. The monoisotopic (exact) mass is 360 g/mol. The van der Waals surface area contributed by atoms with Gasteiger partial charge in [-0.3, -0.25) is 4.79 Å². The number of carboxylic acids is 1. The van der Waals surface area contributed by atoms with Crippen molar-refractivity contribution in [2.75, 3.05) is 5.32 Å². The van der Waals surface area contributed by atoms with Crippen LogP contribution >= 0.6 is 0 Å². The molecule has 0 radical (unpaired) electrons. The van der Waals surface area contributed by atoms with Crippen molar-refractivity contribution in [3.05, 3.63) is 70.8 Å². The maximum atomic E-state index is 12.5. The van der Waals surface area contributed by atoms with E-state index in [0.29, 0.717) is 0 Å². The number of halogens is 3. The van der Waals surface area contributed by atoms with Crippen LogP contribution in [0.15, 0.2) is 54.1 Å². The number of hydrogen-bond donors (Lipinski definition) is 2. The maximum Gasteiger partial charge on any atom is 0.416 e. The van der Waals surface area contributed by atoms with Crippen LogP contribution in [0.25, 0.3) is 6.08 Å². The largest absolute Gasteiger partial charge is 0.478 e. The van der Waals surface area contributed by atoms with Crippen molar-refractivity contribution in [2.24, 2.45) is 0 Å². The molecule has 0 heterocycles. The van der Waals surface area contributed by atoms with Gasteiger partial charge in [0.1, 0.15) is 11.6 Å². The summed E-state index contributed by atoms with van der Waals surface area (Å²) >= 11 is 0. The highest BCUT2D eigenvalue weighted by Crippen LogP contribution is 2.29. The number of hydrogen-bond acceptors (Lipinski definition) is 3. The number of aromatic carboxylic acids is 1. The number of para-hydroxylation sites is 1. The standard InChI is InChI=1S/C18H11F3N2O3/c19-18(20,21)13-7-5-11(6-8-13)9-12(10-22)16(24)23-15-4-2-1-3-14(15)17(25)26/h1-9H,(H,23,24)(H,25,26)/b12-9+. The van der Waals surface area contributed by atoms with Crippen LogP contribution in [0, 0.1) is 11.3 Å². The molecule has 0 bridgehead atoms. The highest BCUT2D eigenvalue weighted by molar-refractivity contribution is 6.11. The maximum absolute atomic E-state index is 12.5. The summed E-state index contributed by atoms with van der Waals surface area (Å²) < 4.78 is 37.6. The second-order valence-corrected chi connectivity index (χ2v) is 5.09. The van der Waals surface area contributed by atoms with Gasteiger partial charge in [0.15, 0.2) is 0 Å². The zero-order chi connectivity index (χ0) is 19.3. The topological polar surface area (TPSA) is 90.2 Å². The fourth-order valence-corrected chi connectivity index (χ4v) is 2.05. The van der Waals surface area contributed by atoms with Crippen molar-refractivity contribution in [2.45, 2.75) is 6.18 Å². The van der Waals surface area contributed by atoms with E-state index in [1.165, 1.54) is 24.3 Å². The highest BCUT2D eigenvalue weighted by Gasteiger charge is 2.29. The quantitative estimate of drug-likeness (QED) is 0.638. The first-order valence-electron chi connectivity index (χ1n) is 7.15. The molecule has 8 heteroatoms. The molecule has 2 N–H and O–H groups in total. The Morgan fingerprint density at radius 2 is 1.69 bits per heavy atom. The van der Waals surface area contributed by atoms with E-state index in [9.17, 15) is 22.8 Å². The third kappa shape index (κ3) is 4.48. The molecule has 0 aliphatic rings.